The lowest BCUT2D eigenvalue weighted by molar-refractivity contribution is 0.0522. The van der Waals surface area contributed by atoms with E-state index in [-0.39, 0.29) is 18.2 Å². The standard InChI is InChI=1S/C17H23ClN2O4/c1-17(2,3)24-16(21)20-13-8-12(13)19-9-10-6-11(18)15-14(7-10)22-4-5-23-15/h6-7,12-13,19H,4-5,8-9H2,1-3H3,(H,20,21). The molecular weight excluding hydrogens is 332 g/mol. The number of carbonyl (C=O) groups is 1. The van der Waals surface area contributed by atoms with Gasteiger partial charge in [-0.2, -0.15) is 0 Å². The topological polar surface area (TPSA) is 68.8 Å². The smallest absolute Gasteiger partial charge is 0.407 e. The van der Waals surface area contributed by atoms with Gasteiger partial charge >= 0.3 is 6.09 Å². The Hall–Kier alpha value is -1.66. The molecule has 2 aliphatic rings. The first-order chi connectivity index (χ1) is 11.3. The highest BCUT2D eigenvalue weighted by atomic mass is 35.5. The van der Waals surface area contributed by atoms with Crippen molar-refractivity contribution in [1.82, 2.24) is 10.6 Å². The number of alkyl carbamates (subject to hydrolysis) is 1. The molecule has 0 bridgehead atoms. The summed E-state index contributed by atoms with van der Waals surface area (Å²) in [6.07, 6.45) is 0.511. The van der Waals surface area contributed by atoms with E-state index < -0.39 is 5.60 Å². The lowest BCUT2D eigenvalue weighted by atomic mass is 10.2. The Labute approximate surface area is 146 Å². The van der Waals surface area contributed by atoms with Crippen LogP contribution < -0.4 is 20.1 Å². The van der Waals surface area contributed by atoms with Crippen molar-refractivity contribution in [2.45, 2.75) is 51.4 Å². The summed E-state index contributed by atoms with van der Waals surface area (Å²) in [7, 11) is 0. The molecule has 0 spiro atoms. The van der Waals surface area contributed by atoms with Gasteiger partial charge in [-0.3, -0.25) is 0 Å². The van der Waals surface area contributed by atoms with Gasteiger partial charge in [-0.15, -0.1) is 0 Å². The molecule has 1 aromatic rings. The molecule has 1 heterocycles. The average Bonchev–Trinajstić information content (AvgIpc) is 3.21. The quantitative estimate of drug-likeness (QED) is 0.870. The summed E-state index contributed by atoms with van der Waals surface area (Å²) in [6.45, 7) is 7.24. The second kappa shape index (κ2) is 6.69. The molecule has 2 N–H and O–H groups in total. The molecule has 1 amide bonds. The first-order valence-corrected chi connectivity index (χ1v) is 8.50. The van der Waals surface area contributed by atoms with Crippen LogP contribution in [0.1, 0.15) is 32.8 Å². The number of hydrogen-bond acceptors (Lipinski definition) is 5. The summed E-state index contributed by atoms with van der Waals surface area (Å²) in [4.78, 5) is 11.7. The molecule has 7 heteroatoms. The van der Waals surface area contributed by atoms with Gasteiger partial charge in [-0.25, -0.2) is 4.79 Å². The third kappa shape index (κ3) is 4.45. The fourth-order valence-electron chi connectivity index (χ4n) is 2.55. The molecular formula is C17H23ClN2O4. The van der Waals surface area contributed by atoms with Crippen LogP contribution in [0.5, 0.6) is 11.5 Å². The lowest BCUT2D eigenvalue weighted by Gasteiger charge is -2.20. The highest BCUT2D eigenvalue weighted by molar-refractivity contribution is 6.32. The van der Waals surface area contributed by atoms with Gasteiger partial charge in [0.25, 0.3) is 0 Å². The Bertz CT molecular complexity index is 630. The van der Waals surface area contributed by atoms with Crippen molar-refractivity contribution in [3.05, 3.63) is 22.7 Å². The van der Waals surface area contributed by atoms with Crippen LogP contribution in [0.25, 0.3) is 0 Å². The number of rotatable bonds is 4. The number of halogens is 1. The largest absolute Gasteiger partial charge is 0.486 e. The minimum Gasteiger partial charge on any atom is -0.486 e. The molecule has 0 saturated heterocycles. The zero-order valence-electron chi connectivity index (χ0n) is 14.1. The van der Waals surface area contributed by atoms with Crippen LogP contribution in [0.3, 0.4) is 0 Å². The minimum atomic E-state index is -0.482. The lowest BCUT2D eigenvalue weighted by Crippen LogP contribution is -2.36. The molecule has 0 aromatic heterocycles. The Morgan fingerprint density at radius 1 is 1.29 bits per heavy atom. The van der Waals surface area contributed by atoms with Crippen LogP contribution in [0.4, 0.5) is 4.79 Å². The predicted molar refractivity (Wildman–Crippen MR) is 90.8 cm³/mol. The third-order valence-corrected chi connectivity index (χ3v) is 4.00. The van der Waals surface area contributed by atoms with Gasteiger partial charge in [0.15, 0.2) is 11.5 Å². The van der Waals surface area contributed by atoms with Crippen LogP contribution in [0.15, 0.2) is 12.1 Å². The molecule has 3 rings (SSSR count). The monoisotopic (exact) mass is 354 g/mol. The molecule has 2 atom stereocenters. The number of carbonyl (C=O) groups excluding carboxylic acids is 1. The van der Waals surface area contributed by atoms with E-state index in [0.717, 1.165) is 12.0 Å². The van der Waals surface area contributed by atoms with E-state index in [1.165, 1.54) is 0 Å². The normalized spacial score (nSPS) is 22.0. The van der Waals surface area contributed by atoms with Gasteiger partial charge in [-0.05, 0) is 44.9 Å². The van der Waals surface area contributed by atoms with Crippen molar-refractivity contribution in [3.63, 3.8) is 0 Å². The zero-order valence-corrected chi connectivity index (χ0v) is 14.9. The zero-order chi connectivity index (χ0) is 17.3. The maximum atomic E-state index is 11.7. The number of benzene rings is 1. The highest BCUT2D eigenvalue weighted by Gasteiger charge is 2.38. The second-order valence-electron chi connectivity index (χ2n) is 7.08. The van der Waals surface area contributed by atoms with Crippen LogP contribution >= 0.6 is 11.6 Å². The molecule has 132 valence electrons. The maximum absolute atomic E-state index is 11.7. The molecule has 1 fully saturated rings. The number of fused-ring (bicyclic) bond motifs is 1. The van der Waals surface area contributed by atoms with Gasteiger partial charge < -0.3 is 24.8 Å². The number of ether oxygens (including phenoxy) is 3. The van der Waals surface area contributed by atoms with Crippen LogP contribution in [-0.4, -0.2) is 37.0 Å². The fourth-order valence-corrected chi connectivity index (χ4v) is 2.84. The van der Waals surface area contributed by atoms with Gasteiger partial charge in [-0.1, -0.05) is 11.6 Å². The van der Waals surface area contributed by atoms with E-state index in [9.17, 15) is 4.79 Å². The number of hydrogen-bond donors (Lipinski definition) is 2. The van der Waals surface area contributed by atoms with Crippen molar-refractivity contribution < 1.29 is 19.0 Å². The second-order valence-corrected chi connectivity index (χ2v) is 7.48. The molecule has 1 aromatic carbocycles. The van der Waals surface area contributed by atoms with E-state index in [1.807, 2.05) is 32.9 Å². The van der Waals surface area contributed by atoms with E-state index in [0.29, 0.717) is 36.3 Å². The molecule has 1 aliphatic carbocycles. The van der Waals surface area contributed by atoms with Crippen molar-refractivity contribution in [2.24, 2.45) is 0 Å². The minimum absolute atomic E-state index is 0.104. The molecule has 6 nitrogen and oxygen atoms in total. The molecule has 0 radical (unpaired) electrons. The average molecular weight is 355 g/mol. The van der Waals surface area contributed by atoms with Crippen molar-refractivity contribution in [2.75, 3.05) is 13.2 Å². The summed E-state index contributed by atoms with van der Waals surface area (Å²) in [6, 6.07) is 4.16. The number of nitrogens with one attached hydrogen (secondary N) is 2. The Kier molecular flexibility index (Phi) is 4.78. The highest BCUT2D eigenvalue weighted by Crippen LogP contribution is 2.38. The summed E-state index contributed by atoms with van der Waals surface area (Å²) < 4.78 is 16.3. The Morgan fingerprint density at radius 2 is 2.04 bits per heavy atom. The van der Waals surface area contributed by atoms with E-state index in [1.54, 1.807) is 0 Å². The van der Waals surface area contributed by atoms with Crippen molar-refractivity contribution in [1.29, 1.82) is 0 Å². The molecule has 1 saturated carbocycles. The van der Waals surface area contributed by atoms with Crippen LogP contribution in [0.2, 0.25) is 5.02 Å². The molecule has 2 unspecified atom stereocenters. The van der Waals surface area contributed by atoms with Gasteiger partial charge in [0, 0.05) is 18.6 Å². The maximum Gasteiger partial charge on any atom is 0.407 e. The van der Waals surface area contributed by atoms with Crippen molar-refractivity contribution in [3.8, 4) is 11.5 Å². The molecule has 24 heavy (non-hydrogen) atoms. The van der Waals surface area contributed by atoms with E-state index in [4.69, 9.17) is 25.8 Å². The van der Waals surface area contributed by atoms with Crippen molar-refractivity contribution >= 4 is 17.7 Å². The van der Waals surface area contributed by atoms with Crippen LogP contribution in [-0.2, 0) is 11.3 Å². The molecule has 1 aliphatic heterocycles. The van der Waals surface area contributed by atoms with Gasteiger partial charge in [0.2, 0.25) is 0 Å². The van der Waals surface area contributed by atoms with E-state index in [2.05, 4.69) is 10.6 Å². The summed E-state index contributed by atoms with van der Waals surface area (Å²) in [5.74, 6) is 1.30. The summed E-state index contributed by atoms with van der Waals surface area (Å²) in [5, 5.41) is 6.82. The first-order valence-electron chi connectivity index (χ1n) is 8.13. The first kappa shape index (κ1) is 17.2. The van der Waals surface area contributed by atoms with Gasteiger partial charge in [0.05, 0.1) is 5.02 Å². The Balaban J connectivity index is 1.48. The fraction of sp³-hybridized carbons (Fsp3) is 0.588. The van der Waals surface area contributed by atoms with Gasteiger partial charge in [0.1, 0.15) is 18.8 Å². The van der Waals surface area contributed by atoms with E-state index >= 15 is 0 Å². The Morgan fingerprint density at radius 3 is 2.79 bits per heavy atom. The number of amides is 1. The SMILES string of the molecule is CC(C)(C)OC(=O)NC1CC1NCc1cc(Cl)c2c(c1)OCCO2. The summed E-state index contributed by atoms with van der Waals surface area (Å²) in [5.41, 5.74) is 0.538. The predicted octanol–water partition coefficient (Wildman–Crippen LogP) is 2.87. The van der Waals surface area contributed by atoms with Crippen LogP contribution in [0, 0.1) is 0 Å². The summed E-state index contributed by atoms with van der Waals surface area (Å²) >= 11 is 6.23. The third-order valence-electron chi connectivity index (χ3n) is 3.72.